The van der Waals surface area contributed by atoms with E-state index in [2.05, 4.69) is 10.0 Å². The molecule has 1 atom stereocenters. The average Bonchev–Trinajstić information content (AvgIpc) is 2.98. The predicted molar refractivity (Wildman–Crippen MR) is 92.0 cm³/mol. The van der Waals surface area contributed by atoms with Crippen molar-refractivity contribution in [3.63, 3.8) is 0 Å². The van der Waals surface area contributed by atoms with Gasteiger partial charge in [0, 0.05) is 13.2 Å². The smallest absolute Gasteiger partial charge is 0.250 e. The molecule has 1 unspecified atom stereocenters. The first-order chi connectivity index (χ1) is 10.7. The molecule has 0 aromatic carbocycles. The summed E-state index contributed by atoms with van der Waals surface area (Å²) in [4.78, 5) is 12.3. The maximum atomic E-state index is 12.3. The lowest BCUT2D eigenvalue weighted by Crippen LogP contribution is -2.49. The molecule has 23 heavy (non-hydrogen) atoms. The minimum atomic E-state index is -3.67. The molecule has 1 amide bonds. The molecule has 8 heteroatoms. The number of rotatable bonds is 10. The van der Waals surface area contributed by atoms with Crippen LogP contribution in [0, 0.1) is 5.92 Å². The van der Waals surface area contributed by atoms with Crippen molar-refractivity contribution < 1.29 is 17.9 Å². The lowest BCUT2D eigenvalue weighted by Gasteiger charge is -2.21. The highest BCUT2D eigenvalue weighted by Gasteiger charge is 2.28. The molecule has 0 fully saturated rings. The Morgan fingerprint density at radius 1 is 1.30 bits per heavy atom. The van der Waals surface area contributed by atoms with Crippen molar-refractivity contribution in [3.05, 3.63) is 17.5 Å². The van der Waals surface area contributed by atoms with Gasteiger partial charge in [-0.25, -0.2) is 8.42 Å². The van der Waals surface area contributed by atoms with Gasteiger partial charge in [0.05, 0.1) is 6.10 Å². The summed E-state index contributed by atoms with van der Waals surface area (Å²) in [5.74, 6) is -0.471. The summed E-state index contributed by atoms with van der Waals surface area (Å²) in [6, 6.07) is 2.39. The van der Waals surface area contributed by atoms with Crippen LogP contribution in [0.1, 0.15) is 34.1 Å². The highest BCUT2D eigenvalue weighted by Crippen LogP contribution is 2.17. The molecule has 0 aliphatic carbocycles. The number of thiophene rings is 1. The van der Waals surface area contributed by atoms with E-state index in [0.29, 0.717) is 19.6 Å². The van der Waals surface area contributed by atoms with Gasteiger partial charge in [-0.15, -0.1) is 11.3 Å². The van der Waals surface area contributed by atoms with Crippen molar-refractivity contribution >= 4 is 27.3 Å². The van der Waals surface area contributed by atoms with Gasteiger partial charge in [0.25, 0.3) is 10.0 Å². The third-order valence-electron chi connectivity index (χ3n) is 3.06. The Kier molecular flexibility index (Phi) is 8.18. The van der Waals surface area contributed by atoms with E-state index in [-0.39, 0.29) is 22.1 Å². The van der Waals surface area contributed by atoms with Crippen molar-refractivity contribution in [2.75, 3.05) is 13.2 Å². The molecule has 0 saturated carbocycles. The van der Waals surface area contributed by atoms with Crippen LogP contribution in [0.4, 0.5) is 0 Å². The van der Waals surface area contributed by atoms with Gasteiger partial charge in [-0.2, -0.15) is 4.72 Å². The molecule has 1 rings (SSSR count). The van der Waals surface area contributed by atoms with Gasteiger partial charge in [0.15, 0.2) is 0 Å². The Bertz CT molecular complexity index is 568. The van der Waals surface area contributed by atoms with Crippen LogP contribution in [0.15, 0.2) is 21.7 Å². The average molecular weight is 363 g/mol. The summed E-state index contributed by atoms with van der Waals surface area (Å²) >= 11 is 1.12. The summed E-state index contributed by atoms with van der Waals surface area (Å²) in [5.41, 5.74) is 0. The molecule has 6 nitrogen and oxygen atoms in total. The molecular formula is C15H26N2O4S2. The van der Waals surface area contributed by atoms with Crippen LogP contribution in [-0.4, -0.2) is 39.6 Å². The molecule has 1 aromatic heterocycles. The number of nitrogens with one attached hydrogen (secondary N) is 2. The Morgan fingerprint density at radius 3 is 2.52 bits per heavy atom. The summed E-state index contributed by atoms with van der Waals surface area (Å²) in [5, 5.41) is 4.45. The molecule has 2 N–H and O–H groups in total. The van der Waals surface area contributed by atoms with Crippen molar-refractivity contribution in [2.24, 2.45) is 5.92 Å². The van der Waals surface area contributed by atoms with Gasteiger partial charge in [-0.1, -0.05) is 19.9 Å². The zero-order chi connectivity index (χ0) is 17.5. The minimum Gasteiger partial charge on any atom is -0.379 e. The van der Waals surface area contributed by atoms with Crippen molar-refractivity contribution in [3.8, 4) is 0 Å². The normalized spacial score (nSPS) is 13.5. The second kappa shape index (κ2) is 9.36. The topological polar surface area (TPSA) is 84.5 Å². The van der Waals surface area contributed by atoms with Crippen LogP contribution in [0.2, 0.25) is 0 Å². The maximum absolute atomic E-state index is 12.3. The van der Waals surface area contributed by atoms with E-state index in [0.717, 1.165) is 11.3 Å². The van der Waals surface area contributed by atoms with Crippen molar-refractivity contribution in [2.45, 2.75) is 50.5 Å². The van der Waals surface area contributed by atoms with Gasteiger partial charge in [-0.3, -0.25) is 4.79 Å². The Balaban J connectivity index is 2.56. The fraction of sp³-hybridized carbons (Fsp3) is 0.667. The molecule has 0 spiro atoms. The standard InChI is InChI=1S/C15H26N2O4S2/c1-11(2)14(15(18)16-8-6-9-21-12(3)4)17-23(19,20)13-7-5-10-22-13/h5,7,10-12,14,17H,6,8-9H2,1-4H3,(H,16,18). The number of ether oxygens (including phenoxy) is 1. The van der Waals surface area contributed by atoms with E-state index < -0.39 is 16.1 Å². The zero-order valence-corrected chi connectivity index (χ0v) is 15.7. The molecule has 0 aliphatic rings. The largest absolute Gasteiger partial charge is 0.379 e. The second-order valence-corrected chi connectivity index (χ2v) is 8.73. The summed E-state index contributed by atoms with van der Waals surface area (Å²) in [7, 11) is -3.67. The number of carbonyl (C=O) groups excluding carboxylic acids is 1. The first-order valence-corrected chi connectivity index (χ1v) is 10.1. The first kappa shape index (κ1) is 20.1. The van der Waals surface area contributed by atoms with Crippen LogP contribution < -0.4 is 10.0 Å². The van der Waals surface area contributed by atoms with Crippen LogP contribution in [0.3, 0.4) is 0 Å². The van der Waals surface area contributed by atoms with Crippen LogP contribution in [0.5, 0.6) is 0 Å². The summed E-state index contributed by atoms with van der Waals surface area (Å²) in [6.45, 7) is 8.53. The fourth-order valence-corrected chi connectivity index (χ4v) is 4.20. The predicted octanol–water partition coefficient (Wildman–Crippen LogP) is 1.98. The number of amides is 1. The lowest BCUT2D eigenvalue weighted by molar-refractivity contribution is -0.123. The monoisotopic (exact) mass is 362 g/mol. The molecule has 1 aromatic rings. The molecule has 0 saturated heterocycles. The third-order valence-corrected chi connectivity index (χ3v) is 5.90. The quantitative estimate of drug-likeness (QED) is 0.623. The number of carbonyl (C=O) groups is 1. The first-order valence-electron chi connectivity index (χ1n) is 7.69. The zero-order valence-electron chi connectivity index (χ0n) is 14.0. The van der Waals surface area contributed by atoms with E-state index in [1.807, 2.05) is 27.7 Å². The number of hydrogen-bond donors (Lipinski definition) is 2. The highest BCUT2D eigenvalue weighted by atomic mass is 32.2. The van der Waals surface area contributed by atoms with Gasteiger partial charge < -0.3 is 10.1 Å². The van der Waals surface area contributed by atoms with Gasteiger partial charge in [0.2, 0.25) is 5.91 Å². The Hall–Kier alpha value is -0.960. The number of sulfonamides is 1. The maximum Gasteiger partial charge on any atom is 0.250 e. The van der Waals surface area contributed by atoms with Crippen LogP contribution in [0.25, 0.3) is 0 Å². The van der Waals surface area contributed by atoms with E-state index in [9.17, 15) is 13.2 Å². The van der Waals surface area contributed by atoms with Gasteiger partial charge in [0.1, 0.15) is 10.3 Å². The van der Waals surface area contributed by atoms with Crippen LogP contribution >= 0.6 is 11.3 Å². The van der Waals surface area contributed by atoms with E-state index >= 15 is 0 Å². The van der Waals surface area contributed by atoms with Crippen molar-refractivity contribution in [1.82, 2.24) is 10.0 Å². The molecule has 0 radical (unpaired) electrons. The molecule has 0 bridgehead atoms. The lowest BCUT2D eigenvalue weighted by atomic mass is 10.1. The van der Waals surface area contributed by atoms with E-state index in [4.69, 9.17) is 4.74 Å². The van der Waals surface area contributed by atoms with E-state index in [1.54, 1.807) is 11.4 Å². The van der Waals surface area contributed by atoms with Crippen LogP contribution in [-0.2, 0) is 19.6 Å². The molecule has 132 valence electrons. The summed E-state index contributed by atoms with van der Waals surface area (Å²) < 4.78 is 32.6. The Morgan fingerprint density at radius 2 is 2.00 bits per heavy atom. The SMILES string of the molecule is CC(C)OCCCNC(=O)C(NS(=O)(=O)c1cccs1)C(C)C. The van der Waals surface area contributed by atoms with Crippen molar-refractivity contribution in [1.29, 1.82) is 0 Å². The van der Waals surface area contributed by atoms with Gasteiger partial charge >= 0.3 is 0 Å². The van der Waals surface area contributed by atoms with E-state index in [1.165, 1.54) is 6.07 Å². The second-order valence-electron chi connectivity index (χ2n) is 5.84. The van der Waals surface area contributed by atoms with Gasteiger partial charge in [-0.05, 0) is 37.6 Å². The molecule has 1 heterocycles. The summed E-state index contributed by atoms with van der Waals surface area (Å²) in [6.07, 6.45) is 0.846. The highest BCUT2D eigenvalue weighted by molar-refractivity contribution is 7.91. The molecular weight excluding hydrogens is 336 g/mol. The third kappa shape index (κ3) is 6.99. The minimum absolute atomic E-state index is 0.156. The number of hydrogen-bond acceptors (Lipinski definition) is 5. The fourth-order valence-electron chi connectivity index (χ4n) is 1.85. The Labute approximate surface area is 142 Å². The molecule has 0 aliphatic heterocycles.